The molecule has 3 heterocycles. The third-order valence-electron chi connectivity index (χ3n) is 5.17. The number of nitrogens with zero attached hydrogens (tertiary/aromatic N) is 5. The first-order valence-electron chi connectivity index (χ1n) is 10.1. The van der Waals surface area contributed by atoms with E-state index in [2.05, 4.69) is 32.2 Å². The molecule has 1 aliphatic rings. The van der Waals surface area contributed by atoms with Crippen LogP contribution in [0, 0.1) is 6.92 Å². The molecule has 1 aliphatic heterocycles. The Morgan fingerprint density at radius 2 is 1.93 bits per heavy atom. The molecule has 1 fully saturated rings. The van der Waals surface area contributed by atoms with Gasteiger partial charge < -0.3 is 9.42 Å². The Bertz CT molecular complexity index is 954. The number of aryl methyl sites for hydroxylation is 2. The maximum atomic E-state index is 12.7. The minimum Gasteiger partial charge on any atom is -0.338 e. The Morgan fingerprint density at radius 3 is 2.66 bits per heavy atom. The Kier molecular flexibility index (Phi) is 5.71. The quantitative estimate of drug-likeness (QED) is 0.691. The second kappa shape index (κ2) is 8.57. The van der Waals surface area contributed by atoms with E-state index < -0.39 is 0 Å². The van der Waals surface area contributed by atoms with Crippen LogP contribution in [0.4, 0.5) is 0 Å². The van der Waals surface area contributed by atoms with Crippen molar-refractivity contribution in [3.8, 4) is 11.4 Å². The molecule has 0 unspecified atom stereocenters. The van der Waals surface area contributed by atoms with Crippen LogP contribution in [0.5, 0.6) is 0 Å². The summed E-state index contributed by atoms with van der Waals surface area (Å²) in [6, 6.07) is 9.92. The third kappa shape index (κ3) is 4.54. The molecule has 0 radical (unpaired) electrons. The number of amides is 1. The van der Waals surface area contributed by atoms with E-state index in [1.54, 1.807) is 0 Å². The SMILES string of the molecule is CCCc1cc(C(=O)N2CCN(Cc3nc(-c4ccc(C)cc4)no3)CC2)n[nH]1. The molecule has 0 bridgehead atoms. The molecule has 0 aliphatic carbocycles. The van der Waals surface area contributed by atoms with Crippen LogP contribution in [0.15, 0.2) is 34.9 Å². The summed E-state index contributed by atoms with van der Waals surface area (Å²) in [5, 5.41) is 11.2. The van der Waals surface area contributed by atoms with Gasteiger partial charge in [0, 0.05) is 37.4 Å². The molecule has 4 rings (SSSR count). The van der Waals surface area contributed by atoms with Crippen molar-refractivity contribution in [3.05, 3.63) is 53.2 Å². The number of aromatic amines is 1. The number of hydrogen-bond donors (Lipinski definition) is 1. The summed E-state index contributed by atoms with van der Waals surface area (Å²) in [4.78, 5) is 21.2. The van der Waals surface area contributed by atoms with E-state index in [-0.39, 0.29) is 5.91 Å². The minimum atomic E-state index is -0.0114. The molecule has 1 saturated heterocycles. The van der Waals surface area contributed by atoms with Crippen molar-refractivity contribution in [1.29, 1.82) is 0 Å². The Hall–Kier alpha value is -3.00. The average molecular weight is 394 g/mol. The van der Waals surface area contributed by atoms with Crippen LogP contribution in [0.1, 0.15) is 41.0 Å². The van der Waals surface area contributed by atoms with Crippen LogP contribution >= 0.6 is 0 Å². The average Bonchev–Trinajstić information content (AvgIpc) is 3.39. The van der Waals surface area contributed by atoms with Gasteiger partial charge in [0.1, 0.15) is 5.69 Å². The van der Waals surface area contributed by atoms with Crippen molar-refractivity contribution < 1.29 is 9.32 Å². The zero-order valence-electron chi connectivity index (χ0n) is 16.9. The molecule has 1 amide bonds. The normalized spacial score (nSPS) is 15.0. The predicted molar refractivity (Wildman–Crippen MR) is 108 cm³/mol. The second-order valence-corrected chi connectivity index (χ2v) is 7.47. The summed E-state index contributed by atoms with van der Waals surface area (Å²) in [7, 11) is 0. The van der Waals surface area contributed by atoms with Crippen LogP contribution in [0.25, 0.3) is 11.4 Å². The molecule has 2 aromatic heterocycles. The zero-order chi connectivity index (χ0) is 20.2. The van der Waals surface area contributed by atoms with Crippen molar-refractivity contribution in [2.75, 3.05) is 26.2 Å². The first kappa shape index (κ1) is 19.3. The lowest BCUT2D eigenvalue weighted by Gasteiger charge is -2.33. The lowest BCUT2D eigenvalue weighted by atomic mass is 10.1. The summed E-state index contributed by atoms with van der Waals surface area (Å²) < 4.78 is 5.42. The van der Waals surface area contributed by atoms with Gasteiger partial charge in [-0.3, -0.25) is 14.8 Å². The molecular weight excluding hydrogens is 368 g/mol. The summed E-state index contributed by atoms with van der Waals surface area (Å²) in [6.07, 6.45) is 1.93. The zero-order valence-corrected chi connectivity index (χ0v) is 16.9. The molecule has 1 aromatic carbocycles. The summed E-state index contributed by atoms with van der Waals surface area (Å²) in [6.45, 7) is 7.59. The number of benzene rings is 1. The molecule has 152 valence electrons. The highest BCUT2D eigenvalue weighted by Crippen LogP contribution is 2.17. The smallest absolute Gasteiger partial charge is 0.274 e. The topological polar surface area (TPSA) is 91.2 Å². The molecule has 8 heteroatoms. The van der Waals surface area contributed by atoms with Crippen molar-refractivity contribution in [2.45, 2.75) is 33.2 Å². The Labute approximate surface area is 169 Å². The monoisotopic (exact) mass is 394 g/mol. The number of piperazine rings is 1. The Morgan fingerprint density at radius 1 is 1.17 bits per heavy atom. The molecule has 3 aromatic rings. The number of carbonyl (C=O) groups is 1. The molecule has 0 atom stereocenters. The molecule has 0 spiro atoms. The van der Waals surface area contributed by atoms with Crippen LogP contribution in [0.2, 0.25) is 0 Å². The molecule has 0 saturated carbocycles. The summed E-state index contributed by atoms with van der Waals surface area (Å²) in [5.74, 6) is 1.19. The largest absolute Gasteiger partial charge is 0.338 e. The van der Waals surface area contributed by atoms with Crippen LogP contribution in [0.3, 0.4) is 0 Å². The summed E-state index contributed by atoms with van der Waals surface area (Å²) in [5.41, 5.74) is 3.65. The third-order valence-corrected chi connectivity index (χ3v) is 5.17. The van der Waals surface area contributed by atoms with E-state index in [0.717, 1.165) is 37.2 Å². The first-order chi connectivity index (χ1) is 14.1. The number of carbonyl (C=O) groups excluding carboxylic acids is 1. The molecule has 1 N–H and O–H groups in total. The van der Waals surface area contributed by atoms with Crippen LogP contribution in [-0.4, -0.2) is 62.2 Å². The fraction of sp³-hybridized carbons (Fsp3) is 0.429. The standard InChI is InChI=1S/C21H26N6O2/c1-3-4-17-13-18(24-23-17)21(28)27-11-9-26(10-12-27)14-19-22-20(25-29-19)16-7-5-15(2)6-8-16/h5-8,13H,3-4,9-12,14H2,1-2H3,(H,23,24). The van der Waals surface area contributed by atoms with E-state index in [1.807, 2.05) is 42.2 Å². The second-order valence-electron chi connectivity index (χ2n) is 7.47. The van der Waals surface area contributed by atoms with E-state index >= 15 is 0 Å². The predicted octanol–water partition coefficient (Wildman–Crippen LogP) is 2.68. The molecular formula is C21H26N6O2. The van der Waals surface area contributed by atoms with Gasteiger partial charge in [-0.2, -0.15) is 10.1 Å². The van der Waals surface area contributed by atoms with Gasteiger partial charge >= 0.3 is 0 Å². The number of aromatic nitrogens is 4. The van der Waals surface area contributed by atoms with Gasteiger partial charge in [-0.25, -0.2) is 0 Å². The van der Waals surface area contributed by atoms with Crippen molar-refractivity contribution in [1.82, 2.24) is 30.1 Å². The van der Waals surface area contributed by atoms with Crippen molar-refractivity contribution >= 4 is 5.91 Å². The van der Waals surface area contributed by atoms with Gasteiger partial charge in [0.2, 0.25) is 11.7 Å². The van der Waals surface area contributed by atoms with Crippen molar-refractivity contribution in [3.63, 3.8) is 0 Å². The highest BCUT2D eigenvalue weighted by molar-refractivity contribution is 5.92. The van der Waals surface area contributed by atoms with Gasteiger partial charge in [0.25, 0.3) is 5.91 Å². The van der Waals surface area contributed by atoms with E-state index in [0.29, 0.717) is 37.0 Å². The van der Waals surface area contributed by atoms with Gasteiger partial charge in [0.15, 0.2) is 0 Å². The van der Waals surface area contributed by atoms with Gasteiger partial charge in [-0.15, -0.1) is 0 Å². The van der Waals surface area contributed by atoms with Crippen LogP contribution < -0.4 is 0 Å². The van der Waals surface area contributed by atoms with E-state index in [9.17, 15) is 4.79 Å². The Balaban J connectivity index is 1.31. The fourth-order valence-corrected chi connectivity index (χ4v) is 3.47. The highest BCUT2D eigenvalue weighted by Gasteiger charge is 2.25. The maximum Gasteiger partial charge on any atom is 0.274 e. The minimum absolute atomic E-state index is 0.0114. The number of nitrogens with one attached hydrogen (secondary N) is 1. The number of hydrogen-bond acceptors (Lipinski definition) is 6. The van der Waals surface area contributed by atoms with E-state index in [4.69, 9.17) is 4.52 Å². The maximum absolute atomic E-state index is 12.7. The molecule has 29 heavy (non-hydrogen) atoms. The number of rotatable bonds is 6. The lowest BCUT2D eigenvalue weighted by molar-refractivity contribution is 0.0609. The summed E-state index contributed by atoms with van der Waals surface area (Å²) >= 11 is 0. The van der Waals surface area contributed by atoms with Gasteiger partial charge in [0.05, 0.1) is 6.54 Å². The van der Waals surface area contributed by atoms with Crippen LogP contribution in [-0.2, 0) is 13.0 Å². The highest BCUT2D eigenvalue weighted by atomic mass is 16.5. The van der Waals surface area contributed by atoms with E-state index in [1.165, 1.54) is 5.56 Å². The first-order valence-corrected chi connectivity index (χ1v) is 10.1. The lowest BCUT2D eigenvalue weighted by Crippen LogP contribution is -2.48. The van der Waals surface area contributed by atoms with Crippen molar-refractivity contribution in [2.24, 2.45) is 0 Å². The van der Waals surface area contributed by atoms with Gasteiger partial charge in [-0.05, 0) is 19.4 Å². The molecule has 8 nitrogen and oxygen atoms in total. The number of H-pyrrole nitrogens is 1. The fourth-order valence-electron chi connectivity index (χ4n) is 3.47. The van der Waals surface area contributed by atoms with Gasteiger partial charge in [-0.1, -0.05) is 48.3 Å².